The molecule has 2 aromatic rings. The fraction of sp³-hybridized carbons (Fsp3) is 0.357. The van der Waals surface area contributed by atoms with Gasteiger partial charge in [0.2, 0.25) is 0 Å². The molecule has 0 aliphatic heterocycles. The molecule has 0 fully saturated rings. The largest absolute Gasteiger partial charge is 0.490 e. The number of anilines is 1. The third-order valence-electron chi connectivity index (χ3n) is 2.88. The van der Waals surface area contributed by atoms with Crippen molar-refractivity contribution in [1.29, 1.82) is 0 Å². The first-order valence-corrected chi connectivity index (χ1v) is 6.53. The summed E-state index contributed by atoms with van der Waals surface area (Å²) in [6, 6.07) is 5.32. The number of aromatic amines is 1. The van der Waals surface area contributed by atoms with Crippen LogP contribution in [-0.4, -0.2) is 28.5 Å². The summed E-state index contributed by atoms with van der Waals surface area (Å²) in [7, 11) is 0. The highest BCUT2D eigenvalue weighted by Crippen LogP contribution is 2.33. The number of nitrogens with zero attached hydrogens (tertiary/aromatic N) is 1. The van der Waals surface area contributed by atoms with Gasteiger partial charge in [0.1, 0.15) is 11.9 Å². The molecule has 20 heavy (non-hydrogen) atoms. The molecule has 0 saturated carbocycles. The summed E-state index contributed by atoms with van der Waals surface area (Å²) in [5, 5.41) is 16.7. The van der Waals surface area contributed by atoms with Crippen LogP contribution in [0.2, 0.25) is 0 Å². The molecule has 0 radical (unpaired) electrons. The fourth-order valence-corrected chi connectivity index (χ4v) is 1.94. The number of hydrogen-bond donors (Lipinski definition) is 3. The first-order chi connectivity index (χ1) is 9.67. The predicted molar refractivity (Wildman–Crippen MR) is 75.8 cm³/mol. The number of aromatic nitrogens is 2. The van der Waals surface area contributed by atoms with Crippen molar-refractivity contribution in [3.63, 3.8) is 0 Å². The van der Waals surface area contributed by atoms with Crippen molar-refractivity contribution in [2.24, 2.45) is 0 Å². The molecule has 0 spiro atoms. The Bertz CT molecular complexity index is 569. The van der Waals surface area contributed by atoms with Crippen LogP contribution in [0, 0.1) is 0 Å². The Morgan fingerprint density at radius 2 is 1.95 bits per heavy atom. The molecule has 108 valence electrons. The maximum Gasteiger partial charge on any atom is 0.161 e. The van der Waals surface area contributed by atoms with E-state index in [-0.39, 0.29) is 0 Å². The van der Waals surface area contributed by atoms with E-state index >= 15 is 0 Å². The van der Waals surface area contributed by atoms with Crippen molar-refractivity contribution in [1.82, 2.24) is 10.2 Å². The smallest absolute Gasteiger partial charge is 0.161 e. The Kier molecular flexibility index (Phi) is 4.47. The monoisotopic (exact) mass is 277 g/mol. The van der Waals surface area contributed by atoms with Gasteiger partial charge in [-0.15, -0.1) is 0 Å². The van der Waals surface area contributed by atoms with E-state index in [0.717, 1.165) is 0 Å². The minimum atomic E-state index is -0.858. The number of H-pyrrole nitrogens is 1. The molecule has 4 N–H and O–H groups in total. The molecule has 0 aliphatic rings. The molecule has 0 aliphatic carbocycles. The summed E-state index contributed by atoms with van der Waals surface area (Å²) in [6.45, 7) is 4.88. The van der Waals surface area contributed by atoms with E-state index in [2.05, 4.69) is 10.2 Å². The quantitative estimate of drug-likeness (QED) is 0.749. The van der Waals surface area contributed by atoms with Crippen LogP contribution in [0.15, 0.2) is 24.4 Å². The van der Waals surface area contributed by atoms with Crippen LogP contribution in [0.25, 0.3) is 0 Å². The standard InChI is InChI=1S/C14H19N3O3/c1-3-19-11-6-5-9(7-12(11)20-4-2)13(18)10-8-16-17-14(10)15/h5-8,13,18H,3-4H2,1-2H3,(H3,15,16,17). The van der Waals surface area contributed by atoms with Gasteiger partial charge in [0.25, 0.3) is 0 Å². The molecular weight excluding hydrogens is 258 g/mol. The summed E-state index contributed by atoms with van der Waals surface area (Å²) >= 11 is 0. The zero-order valence-electron chi connectivity index (χ0n) is 11.6. The molecule has 1 aromatic carbocycles. The molecule has 6 nitrogen and oxygen atoms in total. The van der Waals surface area contributed by atoms with Crippen LogP contribution < -0.4 is 15.2 Å². The van der Waals surface area contributed by atoms with Crippen LogP contribution in [-0.2, 0) is 0 Å². The maximum atomic E-state index is 10.3. The second kappa shape index (κ2) is 6.29. The summed E-state index contributed by atoms with van der Waals surface area (Å²) in [5.41, 5.74) is 6.93. The van der Waals surface area contributed by atoms with Crippen LogP contribution in [0.4, 0.5) is 5.82 Å². The fourth-order valence-electron chi connectivity index (χ4n) is 1.94. The van der Waals surface area contributed by atoms with Gasteiger partial charge in [0, 0.05) is 5.56 Å². The van der Waals surface area contributed by atoms with Crippen molar-refractivity contribution in [3.05, 3.63) is 35.5 Å². The van der Waals surface area contributed by atoms with E-state index in [4.69, 9.17) is 15.2 Å². The van der Waals surface area contributed by atoms with Gasteiger partial charge >= 0.3 is 0 Å². The number of nitrogens with one attached hydrogen (secondary N) is 1. The highest BCUT2D eigenvalue weighted by atomic mass is 16.5. The number of ether oxygens (including phenoxy) is 2. The Hall–Kier alpha value is -2.21. The molecule has 0 amide bonds. The second-order valence-electron chi connectivity index (χ2n) is 4.21. The lowest BCUT2D eigenvalue weighted by atomic mass is 10.0. The maximum absolute atomic E-state index is 10.3. The number of hydrogen-bond acceptors (Lipinski definition) is 5. The lowest BCUT2D eigenvalue weighted by Gasteiger charge is -2.15. The van der Waals surface area contributed by atoms with Gasteiger partial charge in [-0.05, 0) is 31.5 Å². The molecule has 0 saturated heterocycles. The summed E-state index contributed by atoms with van der Waals surface area (Å²) in [5.74, 6) is 1.61. The number of nitrogen functional groups attached to an aromatic ring is 1. The normalized spacial score (nSPS) is 12.2. The van der Waals surface area contributed by atoms with E-state index in [1.54, 1.807) is 18.2 Å². The summed E-state index contributed by atoms with van der Waals surface area (Å²) in [6.07, 6.45) is 0.653. The molecule has 1 heterocycles. The van der Waals surface area contributed by atoms with E-state index < -0.39 is 6.10 Å². The van der Waals surface area contributed by atoms with Gasteiger partial charge < -0.3 is 20.3 Å². The molecule has 2 rings (SSSR count). The zero-order chi connectivity index (χ0) is 14.5. The molecule has 6 heteroatoms. The minimum Gasteiger partial charge on any atom is -0.490 e. The number of aliphatic hydroxyl groups is 1. The number of rotatable bonds is 6. The van der Waals surface area contributed by atoms with Crippen molar-refractivity contribution in [3.8, 4) is 11.5 Å². The third kappa shape index (κ3) is 2.85. The predicted octanol–water partition coefficient (Wildman–Crippen LogP) is 1.87. The Labute approximate surface area is 117 Å². The van der Waals surface area contributed by atoms with Crippen molar-refractivity contribution in [2.75, 3.05) is 18.9 Å². The van der Waals surface area contributed by atoms with Gasteiger partial charge in [0.05, 0.1) is 19.4 Å². The highest BCUT2D eigenvalue weighted by Gasteiger charge is 2.17. The van der Waals surface area contributed by atoms with Crippen LogP contribution in [0.5, 0.6) is 11.5 Å². The average Bonchev–Trinajstić information content (AvgIpc) is 2.86. The van der Waals surface area contributed by atoms with Crippen molar-refractivity contribution >= 4 is 5.82 Å². The van der Waals surface area contributed by atoms with Crippen molar-refractivity contribution in [2.45, 2.75) is 20.0 Å². The molecule has 0 bridgehead atoms. The lowest BCUT2D eigenvalue weighted by molar-refractivity contribution is 0.219. The zero-order valence-corrected chi connectivity index (χ0v) is 11.6. The molecule has 1 unspecified atom stereocenters. The summed E-state index contributed by atoms with van der Waals surface area (Å²) < 4.78 is 11.0. The van der Waals surface area contributed by atoms with Crippen LogP contribution >= 0.6 is 0 Å². The molecular formula is C14H19N3O3. The average molecular weight is 277 g/mol. The first-order valence-electron chi connectivity index (χ1n) is 6.53. The van der Waals surface area contributed by atoms with E-state index in [1.165, 1.54) is 6.20 Å². The van der Waals surface area contributed by atoms with Crippen LogP contribution in [0.1, 0.15) is 31.1 Å². The van der Waals surface area contributed by atoms with Crippen molar-refractivity contribution < 1.29 is 14.6 Å². The summed E-state index contributed by atoms with van der Waals surface area (Å²) in [4.78, 5) is 0. The topological polar surface area (TPSA) is 93.4 Å². The molecule has 1 aromatic heterocycles. The second-order valence-corrected chi connectivity index (χ2v) is 4.21. The SMILES string of the molecule is CCOc1ccc(C(O)c2cn[nH]c2N)cc1OCC. The Balaban J connectivity index is 2.32. The highest BCUT2D eigenvalue weighted by molar-refractivity contribution is 5.48. The van der Waals surface area contributed by atoms with E-state index in [0.29, 0.717) is 41.7 Å². The van der Waals surface area contributed by atoms with Gasteiger partial charge in [-0.25, -0.2) is 0 Å². The van der Waals surface area contributed by atoms with E-state index in [9.17, 15) is 5.11 Å². The van der Waals surface area contributed by atoms with E-state index in [1.807, 2.05) is 13.8 Å². The number of aliphatic hydroxyl groups excluding tert-OH is 1. The minimum absolute atomic E-state index is 0.351. The number of benzene rings is 1. The Morgan fingerprint density at radius 1 is 1.25 bits per heavy atom. The van der Waals surface area contributed by atoms with Gasteiger partial charge in [-0.2, -0.15) is 5.10 Å². The molecule has 1 atom stereocenters. The third-order valence-corrected chi connectivity index (χ3v) is 2.88. The van der Waals surface area contributed by atoms with Crippen LogP contribution in [0.3, 0.4) is 0 Å². The number of nitrogens with two attached hydrogens (primary N) is 1. The van der Waals surface area contributed by atoms with Gasteiger partial charge in [0.15, 0.2) is 11.5 Å². The van der Waals surface area contributed by atoms with Gasteiger partial charge in [-0.1, -0.05) is 6.07 Å². The lowest BCUT2D eigenvalue weighted by Crippen LogP contribution is -2.04. The van der Waals surface area contributed by atoms with Gasteiger partial charge in [-0.3, -0.25) is 5.10 Å². The Morgan fingerprint density at radius 3 is 2.55 bits per heavy atom. The first kappa shape index (κ1) is 14.2.